The molecule has 3 rings (SSSR count). The molecule has 2 aromatic carbocycles. The Morgan fingerprint density at radius 3 is 1.73 bits per heavy atom. The van der Waals surface area contributed by atoms with E-state index in [-0.39, 0.29) is 11.9 Å². The van der Waals surface area contributed by atoms with Gasteiger partial charge in [0.15, 0.2) is 0 Å². The zero-order valence-corrected chi connectivity index (χ0v) is 17.3. The van der Waals surface area contributed by atoms with E-state index in [1.807, 2.05) is 48.5 Å². The number of aliphatic hydroxyl groups excluding tert-OH is 1. The maximum absolute atomic E-state index is 12.8. The Kier molecular flexibility index (Phi) is 6.62. The monoisotopic (exact) mass is 413 g/mol. The van der Waals surface area contributed by atoms with Crippen LogP contribution in [0.15, 0.2) is 48.5 Å². The largest absolute Gasteiger partial charge is 0.497 e. The summed E-state index contributed by atoms with van der Waals surface area (Å²) in [6.07, 6.45) is -0.0478. The Morgan fingerprint density at radius 1 is 0.967 bits per heavy atom. The molecule has 2 N–H and O–H groups in total. The van der Waals surface area contributed by atoms with Crippen molar-refractivity contribution in [1.29, 1.82) is 0 Å². The van der Waals surface area contributed by atoms with E-state index in [9.17, 15) is 19.8 Å². The summed E-state index contributed by atoms with van der Waals surface area (Å²) in [7, 11) is 3.18. The van der Waals surface area contributed by atoms with Gasteiger partial charge >= 0.3 is 5.97 Å². The van der Waals surface area contributed by atoms with Crippen LogP contribution in [0.4, 0.5) is 0 Å². The molecular weight excluding hydrogens is 386 g/mol. The second-order valence-corrected chi connectivity index (χ2v) is 7.55. The Bertz CT molecular complexity index is 828. The minimum Gasteiger partial charge on any atom is -0.497 e. The van der Waals surface area contributed by atoms with Crippen molar-refractivity contribution in [1.82, 2.24) is 4.90 Å². The van der Waals surface area contributed by atoms with Crippen molar-refractivity contribution >= 4 is 11.9 Å². The van der Waals surface area contributed by atoms with Gasteiger partial charge in [-0.05, 0) is 55.2 Å². The number of β-lactam (4-membered cyclic amide) rings is 1. The van der Waals surface area contributed by atoms with Crippen LogP contribution in [0, 0.1) is 5.92 Å². The molecule has 1 amide bonds. The Hall–Kier alpha value is -3.06. The number of likely N-dealkylation sites (tertiary alicyclic amines) is 1. The molecule has 0 saturated carbocycles. The molecule has 7 heteroatoms. The lowest BCUT2D eigenvalue weighted by atomic mass is 9.80. The summed E-state index contributed by atoms with van der Waals surface area (Å²) in [6.45, 7) is 1.46. The van der Waals surface area contributed by atoms with Crippen LogP contribution < -0.4 is 9.47 Å². The van der Waals surface area contributed by atoms with Crippen LogP contribution in [0.5, 0.6) is 11.5 Å². The molecule has 3 atom stereocenters. The lowest BCUT2D eigenvalue weighted by molar-refractivity contribution is -0.181. The number of benzene rings is 2. The first-order valence-electron chi connectivity index (χ1n) is 9.84. The average Bonchev–Trinajstić information content (AvgIpc) is 2.72. The summed E-state index contributed by atoms with van der Waals surface area (Å²) in [5.41, 5.74) is 1.93. The van der Waals surface area contributed by atoms with Crippen LogP contribution in [-0.4, -0.2) is 59.4 Å². The molecule has 1 saturated heterocycles. The fraction of sp³-hybridized carbons (Fsp3) is 0.391. The van der Waals surface area contributed by atoms with E-state index in [1.54, 1.807) is 14.2 Å². The highest BCUT2D eigenvalue weighted by atomic mass is 16.5. The van der Waals surface area contributed by atoms with E-state index < -0.39 is 24.0 Å². The van der Waals surface area contributed by atoms with Crippen molar-refractivity contribution in [3.8, 4) is 11.5 Å². The van der Waals surface area contributed by atoms with Crippen molar-refractivity contribution in [2.45, 2.75) is 38.0 Å². The van der Waals surface area contributed by atoms with Gasteiger partial charge in [-0.25, -0.2) is 4.79 Å². The van der Waals surface area contributed by atoms with Crippen LogP contribution in [-0.2, 0) is 22.4 Å². The lowest BCUT2D eigenvalue weighted by Gasteiger charge is -2.50. The minimum absolute atomic E-state index is 0.329. The number of carbonyl (C=O) groups is 2. The first kappa shape index (κ1) is 21.6. The third-order valence-electron chi connectivity index (χ3n) is 5.61. The molecule has 2 aromatic rings. The number of nitrogens with zero attached hydrogens (tertiary/aromatic N) is 1. The number of methoxy groups -OCH3 is 2. The van der Waals surface area contributed by atoms with Crippen LogP contribution in [0.25, 0.3) is 0 Å². The number of rotatable bonds is 9. The predicted octanol–water partition coefficient (Wildman–Crippen LogP) is 2.15. The van der Waals surface area contributed by atoms with Gasteiger partial charge in [0.25, 0.3) is 0 Å². The number of aliphatic carboxylic acids is 1. The molecule has 1 aliphatic heterocycles. The zero-order valence-electron chi connectivity index (χ0n) is 17.3. The fourth-order valence-electron chi connectivity index (χ4n) is 4.02. The van der Waals surface area contributed by atoms with Gasteiger partial charge in [-0.1, -0.05) is 24.3 Å². The fourth-order valence-corrected chi connectivity index (χ4v) is 4.02. The number of carbonyl (C=O) groups excluding carboxylic acids is 1. The second kappa shape index (κ2) is 9.17. The first-order chi connectivity index (χ1) is 14.3. The number of carboxylic acid groups (broad SMARTS) is 1. The smallest absolute Gasteiger partial charge is 0.327 e. The van der Waals surface area contributed by atoms with Crippen LogP contribution in [0.2, 0.25) is 0 Å². The maximum Gasteiger partial charge on any atom is 0.327 e. The molecule has 7 nitrogen and oxygen atoms in total. The third kappa shape index (κ3) is 4.41. The molecule has 1 fully saturated rings. The van der Waals surface area contributed by atoms with Crippen molar-refractivity contribution in [3.63, 3.8) is 0 Å². The second-order valence-electron chi connectivity index (χ2n) is 7.55. The van der Waals surface area contributed by atoms with Crippen molar-refractivity contribution < 1.29 is 29.3 Å². The topological polar surface area (TPSA) is 96.3 Å². The summed E-state index contributed by atoms with van der Waals surface area (Å²) in [4.78, 5) is 26.1. The maximum atomic E-state index is 12.8. The van der Waals surface area contributed by atoms with E-state index in [0.29, 0.717) is 12.8 Å². The van der Waals surface area contributed by atoms with E-state index >= 15 is 0 Å². The van der Waals surface area contributed by atoms with E-state index in [1.165, 1.54) is 11.8 Å². The standard InChI is InChI=1S/C23H27NO6/c1-14(25)20-21(23(27)28)24(22(20)26)17(12-15-4-8-18(29-2)9-5-15)13-16-6-10-19(30-3)11-7-16/h4-11,14,17,20-21,25H,12-13H2,1-3H3,(H,27,28). The third-order valence-corrected chi connectivity index (χ3v) is 5.61. The molecular formula is C23H27NO6. The molecule has 0 aromatic heterocycles. The van der Waals surface area contributed by atoms with Gasteiger partial charge in [0.05, 0.1) is 26.2 Å². The number of carboxylic acids is 1. The quantitative estimate of drug-likeness (QED) is 0.612. The minimum atomic E-state index is -1.10. The highest BCUT2D eigenvalue weighted by Gasteiger charge is 2.55. The van der Waals surface area contributed by atoms with Crippen LogP contribution >= 0.6 is 0 Å². The lowest BCUT2D eigenvalue weighted by Crippen LogP contribution is -2.70. The first-order valence-corrected chi connectivity index (χ1v) is 9.84. The summed E-state index contributed by atoms with van der Waals surface area (Å²) < 4.78 is 10.4. The summed E-state index contributed by atoms with van der Waals surface area (Å²) in [6, 6.07) is 13.6. The molecule has 1 heterocycles. The molecule has 1 aliphatic rings. The summed E-state index contributed by atoms with van der Waals surface area (Å²) >= 11 is 0. The number of ether oxygens (including phenoxy) is 2. The van der Waals surface area contributed by atoms with Crippen molar-refractivity contribution in [2.24, 2.45) is 5.92 Å². The Morgan fingerprint density at radius 2 is 1.40 bits per heavy atom. The van der Waals surface area contributed by atoms with Gasteiger partial charge in [0.1, 0.15) is 17.5 Å². The van der Waals surface area contributed by atoms with E-state index in [4.69, 9.17) is 9.47 Å². The molecule has 0 aliphatic carbocycles. The van der Waals surface area contributed by atoms with Gasteiger partial charge in [-0.2, -0.15) is 0 Å². The number of hydrogen-bond donors (Lipinski definition) is 2. The van der Waals surface area contributed by atoms with E-state index in [0.717, 1.165) is 22.6 Å². The highest BCUT2D eigenvalue weighted by Crippen LogP contribution is 2.34. The number of hydrogen-bond acceptors (Lipinski definition) is 5. The Labute approximate surface area is 175 Å². The van der Waals surface area contributed by atoms with Crippen LogP contribution in [0.3, 0.4) is 0 Å². The number of aliphatic hydroxyl groups is 1. The number of amides is 1. The molecule has 160 valence electrons. The van der Waals surface area contributed by atoms with Crippen molar-refractivity contribution in [2.75, 3.05) is 14.2 Å². The Balaban J connectivity index is 1.89. The molecule has 0 bridgehead atoms. The molecule has 0 spiro atoms. The molecule has 0 radical (unpaired) electrons. The van der Waals surface area contributed by atoms with Gasteiger partial charge < -0.3 is 24.6 Å². The summed E-state index contributed by atoms with van der Waals surface area (Å²) in [5.74, 6) is -0.901. The van der Waals surface area contributed by atoms with Crippen LogP contribution in [0.1, 0.15) is 18.1 Å². The zero-order chi connectivity index (χ0) is 21.8. The highest BCUT2D eigenvalue weighted by molar-refractivity contribution is 5.97. The van der Waals surface area contributed by atoms with Gasteiger partial charge in [-0.15, -0.1) is 0 Å². The molecule has 30 heavy (non-hydrogen) atoms. The van der Waals surface area contributed by atoms with Gasteiger partial charge in [0.2, 0.25) is 5.91 Å². The SMILES string of the molecule is COc1ccc(CC(Cc2ccc(OC)cc2)N2C(=O)C(C(C)O)C2C(=O)O)cc1. The predicted molar refractivity (Wildman–Crippen MR) is 111 cm³/mol. The summed E-state index contributed by atoms with van der Waals surface area (Å²) in [5, 5.41) is 19.6. The average molecular weight is 413 g/mol. The van der Waals surface area contributed by atoms with Gasteiger partial charge in [-0.3, -0.25) is 4.79 Å². The van der Waals surface area contributed by atoms with Gasteiger partial charge in [0, 0.05) is 6.04 Å². The normalized spacial score (nSPS) is 19.4. The van der Waals surface area contributed by atoms with Crippen molar-refractivity contribution in [3.05, 3.63) is 59.7 Å². The molecule has 3 unspecified atom stereocenters. The van der Waals surface area contributed by atoms with E-state index in [2.05, 4.69) is 0 Å².